The van der Waals surface area contributed by atoms with Crippen LogP contribution >= 0.6 is 0 Å². The molecule has 0 unspecified atom stereocenters. The molecule has 7 heteroatoms. The smallest absolute Gasteiger partial charge is 0.258 e. The fraction of sp³-hybridized carbons (Fsp3) is 0.286. The molecule has 0 radical (unpaired) electrons. The van der Waals surface area contributed by atoms with E-state index in [1.54, 1.807) is 42.7 Å². The molecule has 1 fully saturated rings. The summed E-state index contributed by atoms with van der Waals surface area (Å²) < 4.78 is 19.6. The number of amidine groups is 1. The lowest BCUT2D eigenvalue weighted by molar-refractivity contribution is -0.120. The number of benzene rings is 1. The number of hydrogen-bond acceptors (Lipinski definition) is 4. The van der Waals surface area contributed by atoms with Gasteiger partial charge in [0, 0.05) is 29.7 Å². The molecular formula is C21H23FN4O2. The summed E-state index contributed by atoms with van der Waals surface area (Å²) in [5, 5.41) is 3.02. The van der Waals surface area contributed by atoms with E-state index in [0.29, 0.717) is 24.3 Å². The summed E-state index contributed by atoms with van der Waals surface area (Å²) in [6.45, 7) is 3.84. The van der Waals surface area contributed by atoms with Gasteiger partial charge in [-0.1, -0.05) is 18.2 Å². The van der Waals surface area contributed by atoms with Crippen LogP contribution in [0.3, 0.4) is 0 Å². The number of aliphatic imine (C=N–C) groups is 1. The topological polar surface area (TPSA) is 89.6 Å². The first-order valence-electron chi connectivity index (χ1n) is 9.10. The van der Waals surface area contributed by atoms with Crippen LogP contribution in [0.1, 0.15) is 32.3 Å². The first-order chi connectivity index (χ1) is 13.4. The van der Waals surface area contributed by atoms with Crippen molar-refractivity contribution >= 4 is 17.4 Å². The monoisotopic (exact) mass is 382 g/mol. The summed E-state index contributed by atoms with van der Waals surface area (Å²) in [5.41, 5.74) is 6.10. The highest BCUT2D eigenvalue weighted by molar-refractivity contribution is 6.04. The maximum Gasteiger partial charge on any atom is 0.258 e. The second-order valence-corrected chi connectivity index (χ2v) is 6.93. The first-order valence-corrected chi connectivity index (χ1v) is 9.10. The van der Waals surface area contributed by atoms with Gasteiger partial charge in [-0.2, -0.15) is 4.99 Å². The normalized spacial score (nSPS) is 15.6. The van der Waals surface area contributed by atoms with Gasteiger partial charge in [0.25, 0.3) is 5.91 Å². The number of pyridine rings is 1. The standard InChI is InChI=1S/C21H23FN4O2/c1-14(2)28-19-13-15(7-11-25-19)24-12-8-18(23)26-20(27)21(9-10-21)16-5-3-4-6-17(16)22/h3-8,11-14H,9-10H2,1-2H3,(H,24,25)(H2,23,26,27)/b12-8-. The zero-order valence-corrected chi connectivity index (χ0v) is 15.9. The van der Waals surface area contributed by atoms with Gasteiger partial charge in [-0.25, -0.2) is 9.37 Å². The van der Waals surface area contributed by atoms with Crippen LogP contribution in [0.15, 0.2) is 59.9 Å². The average Bonchev–Trinajstić information content (AvgIpc) is 3.44. The van der Waals surface area contributed by atoms with Crippen LogP contribution in [0.4, 0.5) is 10.1 Å². The summed E-state index contributed by atoms with van der Waals surface area (Å²) in [5.74, 6) is -0.258. The van der Waals surface area contributed by atoms with Crippen LogP contribution < -0.4 is 15.8 Å². The van der Waals surface area contributed by atoms with Crippen molar-refractivity contribution in [3.8, 4) is 5.88 Å². The van der Waals surface area contributed by atoms with Gasteiger partial charge >= 0.3 is 0 Å². The predicted octanol–water partition coefficient (Wildman–Crippen LogP) is 3.55. The Balaban J connectivity index is 1.64. The van der Waals surface area contributed by atoms with E-state index in [0.717, 1.165) is 5.69 Å². The molecule has 0 atom stereocenters. The van der Waals surface area contributed by atoms with Crippen molar-refractivity contribution in [2.24, 2.45) is 10.7 Å². The molecule has 1 aliphatic rings. The van der Waals surface area contributed by atoms with E-state index in [-0.39, 0.29) is 11.9 Å². The van der Waals surface area contributed by atoms with Crippen molar-refractivity contribution < 1.29 is 13.9 Å². The Morgan fingerprint density at radius 2 is 2.11 bits per heavy atom. The van der Waals surface area contributed by atoms with Gasteiger partial charge in [-0.15, -0.1) is 0 Å². The Bertz CT molecular complexity index is 920. The molecule has 3 rings (SSSR count). The largest absolute Gasteiger partial charge is 0.475 e. The molecular weight excluding hydrogens is 359 g/mol. The Kier molecular flexibility index (Phi) is 5.73. The molecule has 1 aromatic heterocycles. The SMILES string of the molecule is CC(C)Oc1cc(N/C=C\C(N)=NC(=O)C2(c3ccccc3F)CC2)ccn1. The molecule has 1 saturated carbocycles. The summed E-state index contributed by atoms with van der Waals surface area (Å²) in [4.78, 5) is 20.6. The van der Waals surface area contributed by atoms with Crippen molar-refractivity contribution in [3.63, 3.8) is 0 Å². The van der Waals surface area contributed by atoms with E-state index in [2.05, 4.69) is 15.3 Å². The quantitative estimate of drug-likeness (QED) is 0.565. The fourth-order valence-corrected chi connectivity index (χ4v) is 2.86. The lowest BCUT2D eigenvalue weighted by Crippen LogP contribution is -2.23. The van der Waals surface area contributed by atoms with Crippen molar-refractivity contribution in [3.05, 3.63) is 66.3 Å². The van der Waals surface area contributed by atoms with Crippen molar-refractivity contribution in [1.29, 1.82) is 0 Å². The van der Waals surface area contributed by atoms with E-state index in [1.807, 2.05) is 13.8 Å². The maximum atomic E-state index is 14.1. The van der Waals surface area contributed by atoms with E-state index in [9.17, 15) is 9.18 Å². The Morgan fingerprint density at radius 1 is 1.36 bits per heavy atom. The van der Waals surface area contributed by atoms with Gasteiger partial charge in [-0.05, 0) is 44.9 Å². The number of amides is 1. The minimum atomic E-state index is -0.884. The lowest BCUT2D eigenvalue weighted by Gasteiger charge is -2.12. The zero-order chi connectivity index (χ0) is 20.1. The van der Waals surface area contributed by atoms with Gasteiger partial charge < -0.3 is 15.8 Å². The van der Waals surface area contributed by atoms with Gasteiger partial charge in [0.05, 0.1) is 11.5 Å². The Hall–Kier alpha value is -3.22. The van der Waals surface area contributed by atoms with Crippen molar-refractivity contribution in [2.75, 3.05) is 5.32 Å². The number of hydrogen-bond donors (Lipinski definition) is 2. The van der Waals surface area contributed by atoms with Gasteiger partial charge in [0.2, 0.25) is 5.88 Å². The number of halogens is 1. The number of anilines is 1. The van der Waals surface area contributed by atoms with Crippen LogP contribution in [-0.2, 0) is 10.2 Å². The van der Waals surface area contributed by atoms with Gasteiger partial charge in [0.1, 0.15) is 11.7 Å². The maximum absolute atomic E-state index is 14.1. The molecule has 1 aliphatic carbocycles. The molecule has 0 saturated heterocycles. The molecule has 0 spiro atoms. The molecule has 2 aromatic rings. The second-order valence-electron chi connectivity index (χ2n) is 6.93. The third-order valence-electron chi connectivity index (χ3n) is 4.37. The predicted molar refractivity (Wildman–Crippen MR) is 107 cm³/mol. The third kappa shape index (κ3) is 4.54. The number of nitrogens with one attached hydrogen (secondary N) is 1. The van der Waals surface area contributed by atoms with Crippen molar-refractivity contribution in [1.82, 2.24) is 4.98 Å². The van der Waals surface area contributed by atoms with E-state index in [1.165, 1.54) is 12.1 Å². The van der Waals surface area contributed by atoms with E-state index >= 15 is 0 Å². The molecule has 1 amide bonds. The summed E-state index contributed by atoms with van der Waals surface area (Å²) in [7, 11) is 0. The third-order valence-corrected chi connectivity index (χ3v) is 4.37. The Morgan fingerprint density at radius 3 is 2.79 bits per heavy atom. The van der Waals surface area contributed by atoms with Gasteiger partial charge in [0.15, 0.2) is 0 Å². The average molecular weight is 382 g/mol. The summed E-state index contributed by atoms with van der Waals surface area (Å²) in [6, 6.07) is 9.82. The molecule has 1 aromatic carbocycles. The molecule has 1 heterocycles. The van der Waals surface area contributed by atoms with Crippen LogP contribution in [-0.4, -0.2) is 22.8 Å². The highest BCUT2D eigenvalue weighted by Gasteiger charge is 2.52. The molecule has 0 bridgehead atoms. The Labute approximate surface area is 163 Å². The minimum Gasteiger partial charge on any atom is -0.475 e. The summed E-state index contributed by atoms with van der Waals surface area (Å²) in [6.07, 6.45) is 5.85. The van der Waals surface area contributed by atoms with Crippen LogP contribution in [0.2, 0.25) is 0 Å². The number of carbonyl (C=O) groups is 1. The number of rotatable bonds is 7. The van der Waals surface area contributed by atoms with Crippen LogP contribution in [0.5, 0.6) is 5.88 Å². The molecule has 6 nitrogen and oxygen atoms in total. The lowest BCUT2D eigenvalue weighted by atomic mass is 9.94. The van der Waals surface area contributed by atoms with Gasteiger partial charge in [-0.3, -0.25) is 4.79 Å². The second kappa shape index (κ2) is 8.21. The summed E-state index contributed by atoms with van der Waals surface area (Å²) >= 11 is 0. The fourth-order valence-electron chi connectivity index (χ4n) is 2.86. The van der Waals surface area contributed by atoms with E-state index in [4.69, 9.17) is 10.5 Å². The number of ether oxygens (including phenoxy) is 1. The number of carbonyl (C=O) groups excluding carboxylic acids is 1. The van der Waals surface area contributed by atoms with Crippen molar-refractivity contribution in [2.45, 2.75) is 38.2 Å². The minimum absolute atomic E-state index is 0.0243. The van der Waals surface area contributed by atoms with Crippen LogP contribution in [0.25, 0.3) is 0 Å². The van der Waals surface area contributed by atoms with E-state index < -0.39 is 17.1 Å². The molecule has 28 heavy (non-hydrogen) atoms. The molecule has 0 aliphatic heterocycles. The first kappa shape index (κ1) is 19.5. The van der Waals surface area contributed by atoms with Crippen LogP contribution in [0, 0.1) is 5.82 Å². The molecule has 146 valence electrons. The number of aromatic nitrogens is 1. The highest BCUT2D eigenvalue weighted by Crippen LogP contribution is 2.50. The highest BCUT2D eigenvalue weighted by atomic mass is 19.1. The number of nitrogens with two attached hydrogens (primary N) is 1. The molecule has 3 N–H and O–H groups in total. The zero-order valence-electron chi connectivity index (χ0n) is 15.9. The number of nitrogens with zero attached hydrogens (tertiary/aromatic N) is 2.